The van der Waals surface area contributed by atoms with Gasteiger partial charge in [-0.3, -0.25) is 4.90 Å². The van der Waals surface area contributed by atoms with Crippen molar-refractivity contribution in [3.8, 4) is 0 Å². The van der Waals surface area contributed by atoms with Crippen LogP contribution in [-0.2, 0) is 6.54 Å². The SMILES string of the molecule is Cl.Cl.NCC1CCN(Cc2nc3ccccc3s2)CC1. The van der Waals surface area contributed by atoms with E-state index in [-0.39, 0.29) is 24.8 Å². The topological polar surface area (TPSA) is 42.1 Å². The second kappa shape index (κ2) is 8.15. The molecule has 0 saturated carbocycles. The molecule has 1 aromatic heterocycles. The molecule has 2 heterocycles. The van der Waals surface area contributed by atoms with Crippen LogP contribution in [0.5, 0.6) is 0 Å². The molecule has 1 aromatic carbocycles. The number of piperidine rings is 1. The van der Waals surface area contributed by atoms with Gasteiger partial charge in [-0.25, -0.2) is 4.98 Å². The Morgan fingerprint density at radius 3 is 2.55 bits per heavy atom. The van der Waals surface area contributed by atoms with Crippen LogP contribution in [0.4, 0.5) is 0 Å². The minimum Gasteiger partial charge on any atom is -0.330 e. The van der Waals surface area contributed by atoms with Crippen molar-refractivity contribution in [1.82, 2.24) is 9.88 Å². The fraction of sp³-hybridized carbons (Fsp3) is 0.500. The largest absolute Gasteiger partial charge is 0.330 e. The molecule has 1 aliphatic heterocycles. The number of hydrogen-bond acceptors (Lipinski definition) is 4. The van der Waals surface area contributed by atoms with Crippen molar-refractivity contribution in [2.75, 3.05) is 19.6 Å². The first-order chi connectivity index (χ1) is 8.85. The summed E-state index contributed by atoms with van der Waals surface area (Å²) in [5.74, 6) is 0.733. The highest BCUT2D eigenvalue weighted by molar-refractivity contribution is 7.18. The van der Waals surface area contributed by atoms with Crippen LogP contribution in [0.1, 0.15) is 17.8 Å². The summed E-state index contributed by atoms with van der Waals surface area (Å²) in [4.78, 5) is 7.20. The minimum atomic E-state index is 0. The molecule has 0 atom stereocenters. The van der Waals surface area contributed by atoms with Crippen LogP contribution in [0, 0.1) is 5.92 Å². The fourth-order valence-electron chi connectivity index (χ4n) is 2.56. The van der Waals surface area contributed by atoms with Crippen LogP contribution in [0.2, 0.25) is 0 Å². The summed E-state index contributed by atoms with van der Waals surface area (Å²) < 4.78 is 1.30. The average molecular weight is 334 g/mol. The van der Waals surface area contributed by atoms with E-state index in [0.717, 1.165) is 37.6 Å². The summed E-state index contributed by atoms with van der Waals surface area (Å²) in [5, 5.41) is 1.24. The number of hydrogen-bond donors (Lipinski definition) is 1. The number of para-hydroxylation sites is 1. The lowest BCUT2D eigenvalue weighted by Crippen LogP contribution is -2.35. The third-order valence-corrected chi connectivity index (χ3v) is 4.76. The quantitative estimate of drug-likeness (QED) is 0.936. The van der Waals surface area contributed by atoms with E-state index < -0.39 is 0 Å². The van der Waals surface area contributed by atoms with Gasteiger partial charge in [-0.1, -0.05) is 12.1 Å². The molecule has 0 unspecified atom stereocenters. The number of benzene rings is 1. The van der Waals surface area contributed by atoms with E-state index in [2.05, 4.69) is 29.2 Å². The van der Waals surface area contributed by atoms with Gasteiger partial charge in [0.1, 0.15) is 5.01 Å². The molecule has 0 amide bonds. The van der Waals surface area contributed by atoms with Gasteiger partial charge in [0.15, 0.2) is 0 Å². The first-order valence-electron chi connectivity index (χ1n) is 6.62. The van der Waals surface area contributed by atoms with Crippen LogP contribution < -0.4 is 5.73 Å². The molecule has 6 heteroatoms. The van der Waals surface area contributed by atoms with E-state index in [0.29, 0.717) is 0 Å². The summed E-state index contributed by atoms with van der Waals surface area (Å²) in [6, 6.07) is 8.38. The monoisotopic (exact) mass is 333 g/mol. The Labute approximate surface area is 136 Å². The Morgan fingerprint density at radius 1 is 1.20 bits per heavy atom. The Morgan fingerprint density at radius 2 is 1.90 bits per heavy atom. The predicted molar refractivity (Wildman–Crippen MR) is 91.2 cm³/mol. The maximum atomic E-state index is 5.72. The van der Waals surface area contributed by atoms with Gasteiger partial charge in [-0.2, -0.15) is 0 Å². The van der Waals surface area contributed by atoms with Gasteiger partial charge in [0, 0.05) is 0 Å². The van der Waals surface area contributed by atoms with Gasteiger partial charge < -0.3 is 5.73 Å². The molecule has 1 fully saturated rings. The van der Waals surface area contributed by atoms with Crippen LogP contribution in [0.25, 0.3) is 10.2 Å². The molecule has 2 aromatic rings. The van der Waals surface area contributed by atoms with E-state index >= 15 is 0 Å². The highest BCUT2D eigenvalue weighted by Gasteiger charge is 2.18. The van der Waals surface area contributed by atoms with Crippen molar-refractivity contribution < 1.29 is 0 Å². The summed E-state index contributed by atoms with van der Waals surface area (Å²) in [7, 11) is 0. The normalized spacial score (nSPS) is 16.6. The van der Waals surface area contributed by atoms with Crippen molar-refractivity contribution in [3.63, 3.8) is 0 Å². The molecular formula is C14H21Cl2N3S. The second-order valence-electron chi connectivity index (χ2n) is 5.03. The second-order valence-corrected chi connectivity index (χ2v) is 6.15. The maximum Gasteiger partial charge on any atom is 0.108 e. The van der Waals surface area contributed by atoms with E-state index in [1.807, 2.05) is 11.3 Å². The van der Waals surface area contributed by atoms with Gasteiger partial charge in [0.2, 0.25) is 0 Å². The molecule has 0 spiro atoms. The first-order valence-corrected chi connectivity index (χ1v) is 7.43. The lowest BCUT2D eigenvalue weighted by molar-refractivity contribution is 0.180. The van der Waals surface area contributed by atoms with Crippen molar-refractivity contribution in [2.45, 2.75) is 19.4 Å². The number of thiazole rings is 1. The molecule has 0 aliphatic carbocycles. The molecule has 0 bridgehead atoms. The van der Waals surface area contributed by atoms with Crippen molar-refractivity contribution in [3.05, 3.63) is 29.3 Å². The lowest BCUT2D eigenvalue weighted by atomic mass is 9.97. The average Bonchev–Trinajstić information content (AvgIpc) is 2.82. The van der Waals surface area contributed by atoms with Crippen molar-refractivity contribution >= 4 is 46.4 Å². The van der Waals surface area contributed by atoms with Crippen molar-refractivity contribution in [1.29, 1.82) is 0 Å². The van der Waals surface area contributed by atoms with Crippen LogP contribution in [-0.4, -0.2) is 29.5 Å². The van der Waals surface area contributed by atoms with Crippen molar-refractivity contribution in [2.24, 2.45) is 11.7 Å². The Kier molecular flexibility index (Phi) is 7.20. The zero-order valence-corrected chi connectivity index (χ0v) is 13.8. The van der Waals surface area contributed by atoms with Gasteiger partial charge in [-0.15, -0.1) is 36.2 Å². The van der Waals surface area contributed by atoms with Gasteiger partial charge >= 0.3 is 0 Å². The summed E-state index contributed by atoms with van der Waals surface area (Å²) >= 11 is 1.82. The molecule has 1 aliphatic rings. The molecule has 3 rings (SSSR count). The molecule has 0 radical (unpaired) electrons. The number of aromatic nitrogens is 1. The number of rotatable bonds is 3. The third-order valence-electron chi connectivity index (χ3n) is 3.74. The van der Waals surface area contributed by atoms with Gasteiger partial charge in [-0.05, 0) is 50.5 Å². The summed E-state index contributed by atoms with van der Waals surface area (Å²) in [5.41, 5.74) is 6.86. The maximum absolute atomic E-state index is 5.72. The molecule has 20 heavy (non-hydrogen) atoms. The number of nitrogens with two attached hydrogens (primary N) is 1. The Hall–Kier alpha value is -0.390. The number of nitrogens with zero attached hydrogens (tertiary/aromatic N) is 2. The number of halogens is 2. The number of likely N-dealkylation sites (tertiary alicyclic amines) is 1. The predicted octanol–water partition coefficient (Wildman–Crippen LogP) is 3.31. The smallest absolute Gasteiger partial charge is 0.108 e. The molecule has 2 N–H and O–H groups in total. The zero-order valence-electron chi connectivity index (χ0n) is 11.3. The fourth-order valence-corrected chi connectivity index (χ4v) is 3.57. The van der Waals surface area contributed by atoms with Crippen LogP contribution in [0.15, 0.2) is 24.3 Å². The first kappa shape index (κ1) is 17.7. The third kappa shape index (κ3) is 4.06. The standard InChI is InChI=1S/C14H19N3S.2ClH/c15-9-11-5-7-17(8-6-11)10-14-16-12-3-1-2-4-13(12)18-14;;/h1-4,11H,5-10,15H2;2*1H. The highest BCUT2D eigenvalue weighted by Crippen LogP contribution is 2.24. The molecule has 112 valence electrons. The lowest BCUT2D eigenvalue weighted by Gasteiger charge is -2.30. The molecule has 3 nitrogen and oxygen atoms in total. The van der Waals surface area contributed by atoms with Crippen LogP contribution in [0.3, 0.4) is 0 Å². The van der Waals surface area contributed by atoms with Gasteiger partial charge in [0.05, 0.1) is 16.8 Å². The van der Waals surface area contributed by atoms with E-state index in [1.165, 1.54) is 22.5 Å². The number of fused-ring (bicyclic) bond motifs is 1. The Balaban J connectivity index is 0.000001000. The zero-order chi connectivity index (χ0) is 12.4. The van der Waals surface area contributed by atoms with E-state index in [1.54, 1.807) is 0 Å². The van der Waals surface area contributed by atoms with E-state index in [4.69, 9.17) is 10.7 Å². The van der Waals surface area contributed by atoms with Gasteiger partial charge in [0.25, 0.3) is 0 Å². The summed E-state index contributed by atoms with van der Waals surface area (Å²) in [6.45, 7) is 4.17. The summed E-state index contributed by atoms with van der Waals surface area (Å²) in [6.07, 6.45) is 2.47. The van der Waals surface area contributed by atoms with Crippen LogP contribution >= 0.6 is 36.2 Å². The molecule has 1 saturated heterocycles. The Bertz CT molecular complexity index is 491. The minimum absolute atomic E-state index is 0. The van der Waals surface area contributed by atoms with E-state index in [9.17, 15) is 0 Å². The highest BCUT2D eigenvalue weighted by atomic mass is 35.5. The molecular weight excluding hydrogens is 313 g/mol.